The summed E-state index contributed by atoms with van der Waals surface area (Å²) in [5.41, 5.74) is 7.15. The van der Waals surface area contributed by atoms with Crippen LogP contribution in [0.5, 0.6) is 0 Å². The SMILES string of the molecule is CC(C)(C)n1nccc1-c1cc(C(N)=O)cc(-c2ccc(F)c(F)c2)n1. The summed E-state index contributed by atoms with van der Waals surface area (Å²) in [4.78, 5) is 16.3. The first-order valence-electron chi connectivity index (χ1n) is 7.99. The molecule has 0 atom stereocenters. The van der Waals surface area contributed by atoms with Crippen LogP contribution in [0.2, 0.25) is 0 Å². The zero-order valence-corrected chi connectivity index (χ0v) is 14.6. The second kappa shape index (κ2) is 6.33. The topological polar surface area (TPSA) is 73.8 Å². The molecule has 0 radical (unpaired) electrons. The van der Waals surface area contributed by atoms with Crippen molar-refractivity contribution in [2.45, 2.75) is 26.3 Å². The number of halogens is 2. The summed E-state index contributed by atoms with van der Waals surface area (Å²) in [6, 6.07) is 8.24. The van der Waals surface area contributed by atoms with Crippen molar-refractivity contribution in [1.82, 2.24) is 14.8 Å². The van der Waals surface area contributed by atoms with Crippen LogP contribution in [0.4, 0.5) is 8.78 Å². The molecule has 26 heavy (non-hydrogen) atoms. The van der Waals surface area contributed by atoms with Gasteiger partial charge in [-0.15, -0.1) is 0 Å². The Bertz CT molecular complexity index is 989. The summed E-state index contributed by atoms with van der Waals surface area (Å²) in [6.45, 7) is 5.95. The number of rotatable bonds is 3. The second-order valence-electron chi connectivity index (χ2n) is 6.92. The molecule has 134 valence electrons. The highest BCUT2D eigenvalue weighted by atomic mass is 19.2. The molecule has 0 aliphatic heterocycles. The van der Waals surface area contributed by atoms with E-state index in [4.69, 9.17) is 5.73 Å². The number of nitrogens with zero attached hydrogens (tertiary/aromatic N) is 3. The Balaban J connectivity index is 2.22. The summed E-state index contributed by atoms with van der Waals surface area (Å²) in [5.74, 6) is -2.58. The average Bonchev–Trinajstić information content (AvgIpc) is 3.07. The molecule has 1 amide bonds. The van der Waals surface area contributed by atoms with Crippen LogP contribution in [-0.4, -0.2) is 20.7 Å². The Kier molecular flexibility index (Phi) is 4.31. The van der Waals surface area contributed by atoms with Crippen molar-refractivity contribution in [1.29, 1.82) is 0 Å². The number of amides is 1. The lowest BCUT2D eigenvalue weighted by molar-refractivity contribution is 0.1000. The van der Waals surface area contributed by atoms with Gasteiger partial charge >= 0.3 is 0 Å². The number of hydrogen-bond donors (Lipinski definition) is 1. The molecule has 0 unspecified atom stereocenters. The summed E-state index contributed by atoms with van der Waals surface area (Å²) >= 11 is 0. The number of carbonyl (C=O) groups excluding carboxylic acids is 1. The fourth-order valence-corrected chi connectivity index (χ4v) is 2.64. The molecule has 0 aliphatic rings. The Morgan fingerprint density at radius 3 is 2.35 bits per heavy atom. The minimum Gasteiger partial charge on any atom is -0.366 e. The van der Waals surface area contributed by atoms with Crippen LogP contribution < -0.4 is 5.73 Å². The normalized spacial score (nSPS) is 11.6. The van der Waals surface area contributed by atoms with E-state index in [2.05, 4.69) is 10.1 Å². The van der Waals surface area contributed by atoms with E-state index in [-0.39, 0.29) is 11.1 Å². The maximum Gasteiger partial charge on any atom is 0.248 e. The highest BCUT2D eigenvalue weighted by Crippen LogP contribution is 2.28. The molecule has 2 aromatic heterocycles. The van der Waals surface area contributed by atoms with E-state index >= 15 is 0 Å². The standard InChI is InChI=1S/C19H18F2N4O/c1-19(2,3)25-17(6-7-23-25)16-10-12(18(22)26)9-15(24-16)11-4-5-13(20)14(21)8-11/h4-10H,1-3H3,(H2,22,26). The first kappa shape index (κ1) is 17.7. The molecule has 0 saturated carbocycles. The van der Waals surface area contributed by atoms with Crippen LogP contribution in [-0.2, 0) is 5.54 Å². The van der Waals surface area contributed by atoms with Gasteiger partial charge in [0.25, 0.3) is 0 Å². The number of carbonyl (C=O) groups is 1. The van der Waals surface area contributed by atoms with Crippen molar-refractivity contribution in [3.05, 3.63) is 59.8 Å². The highest BCUT2D eigenvalue weighted by molar-refractivity contribution is 5.95. The number of aromatic nitrogens is 3. The van der Waals surface area contributed by atoms with Gasteiger partial charge in [-0.05, 0) is 57.2 Å². The second-order valence-corrected chi connectivity index (χ2v) is 6.92. The van der Waals surface area contributed by atoms with Gasteiger partial charge in [-0.3, -0.25) is 9.48 Å². The third kappa shape index (κ3) is 3.33. The van der Waals surface area contributed by atoms with Gasteiger partial charge in [0, 0.05) is 17.3 Å². The van der Waals surface area contributed by atoms with Crippen LogP contribution in [0.1, 0.15) is 31.1 Å². The molecule has 0 bridgehead atoms. The van der Waals surface area contributed by atoms with Gasteiger partial charge in [0.2, 0.25) is 5.91 Å². The summed E-state index contributed by atoms with van der Waals surface area (Å²) in [7, 11) is 0. The van der Waals surface area contributed by atoms with Crippen LogP contribution in [0.3, 0.4) is 0 Å². The number of hydrogen-bond acceptors (Lipinski definition) is 3. The van der Waals surface area contributed by atoms with Gasteiger partial charge in [-0.1, -0.05) is 0 Å². The molecular weight excluding hydrogens is 338 g/mol. The largest absolute Gasteiger partial charge is 0.366 e. The maximum atomic E-state index is 13.6. The minimum atomic E-state index is -0.991. The van der Waals surface area contributed by atoms with Gasteiger partial charge in [0.05, 0.1) is 22.6 Å². The molecule has 3 rings (SSSR count). The quantitative estimate of drug-likeness (QED) is 0.777. The molecule has 0 aliphatic carbocycles. The third-order valence-electron chi connectivity index (χ3n) is 3.87. The highest BCUT2D eigenvalue weighted by Gasteiger charge is 2.20. The van der Waals surface area contributed by atoms with E-state index in [9.17, 15) is 13.6 Å². The predicted molar refractivity (Wildman–Crippen MR) is 94.3 cm³/mol. The van der Waals surface area contributed by atoms with E-state index in [0.717, 1.165) is 12.1 Å². The average molecular weight is 356 g/mol. The molecular formula is C19H18F2N4O. The van der Waals surface area contributed by atoms with Gasteiger partial charge in [-0.25, -0.2) is 13.8 Å². The van der Waals surface area contributed by atoms with Crippen LogP contribution in [0.25, 0.3) is 22.6 Å². The van der Waals surface area contributed by atoms with Crippen LogP contribution >= 0.6 is 0 Å². The smallest absolute Gasteiger partial charge is 0.248 e. The Labute approximate surface area is 149 Å². The summed E-state index contributed by atoms with van der Waals surface area (Å²) in [6.07, 6.45) is 1.64. The van der Waals surface area contributed by atoms with E-state index in [0.29, 0.717) is 22.6 Å². The Morgan fingerprint density at radius 2 is 1.73 bits per heavy atom. The maximum absolute atomic E-state index is 13.6. The lowest BCUT2D eigenvalue weighted by Gasteiger charge is -2.22. The summed E-state index contributed by atoms with van der Waals surface area (Å²) < 4.78 is 28.6. The number of benzene rings is 1. The van der Waals surface area contributed by atoms with Gasteiger partial charge in [-0.2, -0.15) is 5.10 Å². The third-order valence-corrected chi connectivity index (χ3v) is 3.87. The van der Waals surface area contributed by atoms with E-state index in [1.165, 1.54) is 12.1 Å². The summed E-state index contributed by atoms with van der Waals surface area (Å²) in [5, 5.41) is 4.32. The zero-order chi connectivity index (χ0) is 19.1. The molecule has 0 saturated heterocycles. The lowest BCUT2D eigenvalue weighted by Crippen LogP contribution is -2.24. The molecule has 0 spiro atoms. The molecule has 3 aromatic rings. The minimum absolute atomic E-state index is 0.219. The van der Waals surface area contributed by atoms with E-state index in [1.54, 1.807) is 23.0 Å². The van der Waals surface area contributed by atoms with Crippen LogP contribution in [0.15, 0.2) is 42.6 Å². The first-order valence-corrected chi connectivity index (χ1v) is 7.99. The number of pyridine rings is 1. The van der Waals surface area contributed by atoms with Gasteiger partial charge in [0.1, 0.15) is 0 Å². The predicted octanol–water partition coefficient (Wildman–Crippen LogP) is 3.74. The Morgan fingerprint density at radius 1 is 1.04 bits per heavy atom. The first-order chi connectivity index (χ1) is 12.2. The Hall–Kier alpha value is -3.09. The molecule has 7 heteroatoms. The fraction of sp³-hybridized carbons (Fsp3) is 0.211. The van der Waals surface area contributed by atoms with E-state index in [1.807, 2.05) is 20.8 Å². The fourth-order valence-electron chi connectivity index (χ4n) is 2.64. The van der Waals surface area contributed by atoms with E-state index < -0.39 is 17.5 Å². The monoisotopic (exact) mass is 356 g/mol. The van der Waals surface area contributed by atoms with Crippen molar-refractivity contribution < 1.29 is 13.6 Å². The van der Waals surface area contributed by atoms with Crippen molar-refractivity contribution in [3.63, 3.8) is 0 Å². The molecule has 2 N–H and O–H groups in total. The number of nitrogens with two attached hydrogens (primary N) is 1. The van der Waals surface area contributed by atoms with Crippen molar-refractivity contribution in [2.24, 2.45) is 5.73 Å². The van der Waals surface area contributed by atoms with Crippen molar-refractivity contribution in [3.8, 4) is 22.6 Å². The molecule has 1 aromatic carbocycles. The number of primary amides is 1. The van der Waals surface area contributed by atoms with Crippen LogP contribution in [0, 0.1) is 11.6 Å². The van der Waals surface area contributed by atoms with Crippen molar-refractivity contribution >= 4 is 5.91 Å². The molecule has 5 nitrogen and oxygen atoms in total. The van der Waals surface area contributed by atoms with Gasteiger partial charge in [0.15, 0.2) is 11.6 Å². The lowest BCUT2D eigenvalue weighted by atomic mass is 10.0. The molecule has 0 fully saturated rings. The van der Waals surface area contributed by atoms with Gasteiger partial charge < -0.3 is 5.73 Å². The molecule has 2 heterocycles. The van der Waals surface area contributed by atoms with Crippen molar-refractivity contribution in [2.75, 3.05) is 0 Å². The zero-order valence-electron chi connectivity index (χ0n) is 14.6.